The number of thioether (sulfide) groups is 1. The molecule has 0 radical (unpaired) electrons. The monoisotopic (exact) mass is 284 g/mol. The van der Waals surface area contributed by atoms with Crippen molar-refractivity contribution in [2.24, 2.45) is 0 Å². The molecule has 0 aliphatic rings. The predicted molar refractivity (Wildman–Crippen MR) is 68.9 cm³/mol. The van der Waals surface area contributed by atoms with Gasteiger partial charge in [-0.15, -0.1) is 23.6 Å². The van der Waals surface area contributed by atoms with Gasteiger partial charge in [-0.25, -0.2) is 0 Å². The van der Waals surface area contributed by atoms with Crippen LogP contribution in [0.3, 0.4) is 0 Å². The van der Waals surface area contributed by atoms with Crippen molar-refractivity contribution in [1.82, 2.24) is 0 Å². The Morgan fingerprint density at radius 3 is 2.67 bits per heavy atom. The van der Waals surface area contributed by atoms with Crippen LogP contribution < -0.4 is 0 Å². The van der Waals surface area contributed by atoms with E-state index in [2.05, 4.69) is 27.8 Å². The number of rotatable bonds is 4. The number of hydrogen-bond donors (Lipinski definition) is 1. The second-order valence-corrected chi connectivity index (χ2v) is 5.06. The maximum absolute atomic E-state index is 9.56. The van der Waals surface area contributed by atoms with Crippen LogP contribution in [0.4, 0.5) is 0 Å². The first kappa shape index (κ1) is 12.6. The molecule has 0 fully saturated rings. The van der Waals surface area contributed by atoms with Crippen LogP contribution in [0.2, 0.25) is 0 Å². The molecule has 0 aromatic heterocycles. The average Bonchev–Trinajstić information content (AvgIpc) is 2.25. The first-order valence-corrected chi connectivity index (χ1v) is 6.46. The maximum Gasteiger partial charge on any atom is 0.0743 e. The molecule has 1 atom stereocenters. The third-order valence-corrected chi connectivity index (χ3v) is 3.46. The van der Waals surface area contributed by atoms with E-state index in [0.717, 1.165) is 4.47 Å². The Labute approximate surface area is 103 Å². The second-order valence-electron chi connectivity index (χ2n) is 3.05. The third-order valence-electron chi connectivity index (χ3n) is 1.77. The van der Waals surface area contributed by atoms with E-state index in [-0.39, 0.29) is 6.10 Å². The molecule has 1 nitrogen and oxygen atoms in total. The lowest BCUT2D eigenvalue weighted by molar-refractivity contribution is 0.205. The molecular formula is C12H13BrOS. The molecule has 0 aliphatic heterocycles. The lowest BCUT2D eigenvalue weighted by Crippen LogP contribution is -2.08. The van der Waals surface area contributed by atoms with Gasteiger partial charge in [-0.2, -0.15) is 0 Å². The Morgan fingerprint density at radius 1 is 1.40 bits per heavy atom. The fourth-order valence-corrected chi connectivity index (χ4v) is 2.10. The summed E-state index contributed by atoms with van der Waals surface area (Å²) in [5.74, 6) is 6.34. The molecule has 0 bridgehead atoms. The molecule has 0 aliphatic carbocycles. The summed E-state index contributed by atoms with van der Waals surface area (Å²) in [5.41, 5.74) is 0. The quantitative estimate of drug-likeness (QED) is 0.676. The van der Waals surface area contributed by atoms with Gasteiger partial charge in [0.05, 0.1) is 6.10 Å². The zero-order valence-electron chi connectivity index (χ0n) is 8.53. The third kappa shape index (κ3) is 5.27. The van der Waals surface area contributed by atoms with Gasteiger partial charge in [0.2, 0.25) is 0 Å². The van der Waals surface area contributed by atoms with Gasteiger partial charge in [0.1, 0.15) is 0 Å². The van der Waals surface area contributed by atoms with E-state index in [1.807, 2.05) is 24.3 Å². The fraction of sp³-hybridized carbons (Fsp3) is 0.333. The summed E-state index contributed by atoms with van der Waals surface area (Å²) >= 11 is 5.03. The molecule has 1 unspecified atom stereocenters. The first-order chi connectivity index (χ1) is 7.22. The molecule has 80 valence electrons. The topological polar surface area (TPSA) is 20.2 Å². The van der Waals surface area contributed by atoms with Gasteiger partial charge in [-0.1, -0.05) is 15.9 Å². The van der Waals surface area contributed by atoms with Gasteiger partial charge in [0.15, 0.2) is 0 Å². The Bertz CT molecular complexity index is 350. The van der Waals surface area contributed by atoms with E-state index in [4.69, 9.17) is 0 Å². The molecule has 0 spiro atoms. The van der Waals surface area contributed by atoms with Gasteiger partial charge in [0.25, 0.3) is 0 Å². The van der Waals surface area contributed by atoms with Crippen molar-refractivity contribution in [3.8, 4) is 11.8 Å². The Balaban J connectivity index is 2.35. The molecule has 0 amide bonds. The SMILES string of the molecule is CC#CCC(O)CSc1ccc(Br)cc1. The van der Waals surface area contributed by atoms with Crippen LogP contribution in [0, 0.1) is 11.8 Å². The van der Waals surface area contributed by atoms with Crippen LogP contribution in [0.5, 0.6) is 0 Å². The highest BCUT2D eigenvalue weighted by Gasteiger charge is 2.02. The Hall–Kier alpha value is -0.430. The Morgan fingerprint density at radius 2 is 2.07 bits per heavy atom. The number of halogens is 1. The molecule has 15 heavy (non-hydrogen) atoms. The number of hydrogen-bond acceptors (Lipinski definition) is 2. The number of aliphatic hydroxyl groups is 1. The van der Waals surface area contributed by atoms with Crippen molar-refractivity contribution >= 4 is 27.7 Å². The molecule has 3 heteroatoms. The normalized spacial score (nSPS) is 11.7. The van der Waals surface area contributed by atoms with Crippen molar-refractivity contribution in [1.29, 1.82) is 0 Å². The second kappa shape index (κ2) is 6.95. The highest BCUT2D eigenvalue weighted by atomic mass is 79.9. The minimum atomic E-state index is -0.342. The van der Waals surface area contributed by atoms with Gasteiger partial charge >= 0.3 is 0 Å². The van der Waals surface area contributed by atoms with Crippen LogP contribution in [-0.2, 0) is 0 Å². The smallest absolute Gasteiger partial charge is 0.0743 e. The number of aliphatic hydroxyl groups excluding tert-OH is 1. The van der Waals surface area contributed by atoms with E-state index in [0.29, 0.717) is 12.2 Å². The van der Waals surface area contributed by atoms with E-state index in [1.165, 1.54) is 4.90 Å². The van der Waals surface area contributed by atoms with Gasteiger partial charge in [-0.3, -0.25) is 0 Å². The van der Waals surface area contributed by atoms with E-state index >= 15 is 0 Å². The van der Waals surface area contributed by atoms with Crippen LogP contribution in [0.15, 0.2) is 33.6 Å². The van der Waals surface area contributed by atoms with Gasteiger partial charge in [0, 0.05) is 21.5 Å². The standard InChI is InChI=1S/C12H13BrOS/c1-2-3-4-11(14)9-15-12-7-5-10(13)6-8-12/h5-8,11,14H,4,9H2,1H3. The van der Waals surface area contributed by atoms with E-state index in [1.54, 1.807) is 18.7 Å². The molecular weight excluding hydrogens is 272 g/mol. The van der Waals surface area contributed by atoms with Gasteiger partial charge in [-0.05, 0) is 31.2 Å². The van der Waals surface area contributed by atoms with Crippen molar-refractivity contribution in [3.63, 3.8) is 0 Å². The fourth-order valence-electron chi connectivity index (χ4n) is 1.00. The summed E-state index contributed by atoms with van der Waals surface area (Å²) in [5, 5.41) is 9.56. The summed E-state index contributed by atoms with van der Waals surface area (Å²) in [6.07, 6.45) is 0.214. The molecule has 0 heterocycles. The molecule has 1 N–H and O–H groups in total. The summed E-state index contributed by atoms with van der Waals surface area (Å²) < 4.78 is 1.07. The van der Waals surface area contributed by atoms with Crippen LogP contribution in [0.25, 0.3) is 0 Å². The zero-order valence-corrected chi connectivity index (χ0v) is 10.9. The van der Waals surface area contributed by atoms with Crippen molar-refractivity contribution in [2.45, 2.75) is 24.3 Å². The summed E-state index contributed by atoms with van der Waals surface area (Å²) in [4.78, 5) is 1.17. The molecule has 1 aromatic carbocycles. The van der Waals surface area contributed by atoms with Crippen LogP contribution >= 0.6 is 27.7 Å². The summed E-state index contributed by atoms with van der Waals surface area (Å²) in [6.45, 7) is 1.79. The molecule has 1 aromatic rings. The molecule has 0 saturated heterocycles. The van der Waals surface area contributed by atoms with Crippen molar-refractivity contribution in [3.05, 3.63) is 28.7 Å². The highest BCUT2D eigenvalue weighted by Crippen LogP contribution is 2.21. The Kier molecular flexibility index (Phi) is 5.85. The zero-order chi connectivity index (χ0) is 11.1. The van der Waals surface area contributed by atoms with Crippen molar-refractivity contribution < 1.29 is 5.11 Å². The average molecular weight is 285 g/mol. The number of benzene rings is 1. The predicted octanol–water partition coefficient (Wildman–Crippen LogP) is 3.32. The first-order valence-electron chi connectivity index (χ1n) is 4.68. The van der Waals surface area contributed by atoms with E-state index in [9.17, 15) is 5.11 Å². The minimum absolute atomic E-state index is 0.342. The lowest BCUT2D eigenvalue weighted by atomic mass is 10.3. The summed E-state index contributed by atoms with van der Waals surface area (Å²) in [6, 6.07) is 8.07. The van der Waals surface area contributed by atoms with Gasteiger partial charge < -0.3 is 5.11 Å². The van der Waals surface area contributed by atoms with Crippen LogP contribution in [-0.4, -0.2) is 17.0 Å². The van der Waals surface area contributed by atoms with Crippen molar-refractivity contribution in [2.75, 3.05) is 5.75 Å². The minimum Gasteiger partial charge on any atom is -0.391 e. The molecule has 1 rings (SSSR count). The highest BCUT2D eigenvalue weighted by molar-refractivity contribution is 9.10. The molecule has 0 saturated carbocycles. The maximum atomic E-state index is 9.56. The largest absolute Gasteiger partial charge is 0.391 e. The summed E-state index contributed by atoms with van der Waals surface area (Å²) in [7, 11) is 0. The lowest BCUT2D eigenvalue weighted by Gasteiger charge is -2.06. The van der Waals surface area contributed by atoms with Crippen LogP contribution in [0.1, 0.15) is 13.3 Å². The van der Waals surface area contributed by atoms with E-state index < -0.39 is 0 Å².